The van der Waals surface area contributed by atoms with Crippen molar-refractivity contribution >= 4 is 21.7 Å². The Balaban J connectivity index is 1.54. The molecule has 1 atom stereocenters. The van der Waals surface area contributed by atoms with Crippen LogP contribution < -0.4 is 5.32 Å². The molecule has 4 rings (SSSR count). The van der Waals surface area contributed by atoms with Crippen molar-refractivity contribution in [2.45, 2.75) is 36.6 Å². The van der Waals surface area contributed by atoms with Crippen LogP contribution in [0, 0.1) is 5.92 Å². The summed E-state index contributed by atoms with van der Waals surface area (Å²) in [6.07, 6.45) is 4.46. The van der Waals surface area contributed by atoms with Crippen LogP contribution in [0.15, 0.2) is 39.8 Å². The first-order valence-electron chi connectivity index (χ1n) is 9.70. The van der Waals surface area contributed by atoms with E-state index in [1.807, 2.05) is 0 Å². The number of piperidine rings is 1. The van der Waals surface area contributed by atoms with Gasteiger partial charge in [-0.05, 0) is 56.5 Å². The first-order chi connectivity index (χ1) is 13.8. The van der Waals surface area contributed by atoms with Gasteiger partial charge in [-0.25, -0.2) is 8.42 Å². The molecule has 1 aliphatic heterocycles. The zero-order valence-electron chi connectivity index (χ0n) is 16.1. The molecule has 2 amide bonds. The average molecular weight is 417 g/mol. The van der Waals surface area contributed by atoms with Crippen LogP contribution in [0.25, 0.3) is 11.3 Å². The van der Waals surface area contributed by atoms with Gasteiger partial charge in [-0.1, -0.05) is 5.16 Å². The van der Waals surface area contributed by atoms with E-state index in [0.717, 1.165) is 38.5 Å². The maximum Gasteiger partial charge on any atom is 0.282 e. The molecule has 2 heterocycles. The van der Waals surface area contributed by atoms with E-state index >= 15 is 0 Å². The molecule has 1 N–H and O–H groups in total. The predicted molar refractivity (Wildman–Crippen MR) is 105 cm³/mol. The number of amides is 2. The van der Waals surface area contributed by atoms with Gasteiger partial charge >= 0.3 is 0 Å². The zero-order chi connectivity index (χ0) is 20.6. The Morgan fingerprint density at radius 3 is 2.48 bits per heavy atom. The van der Waals surface area contributed by atoms with Crippen molar-refractivity contribution in [3.63, 3.8) is 0 Å². The van der Waals surface area contributed by atoms with Crippen LogP contribution in [0.2, 0.25) is 0 Å². The number of carbonyl (C=O) groups excluding carboxylic acids is 2. The van der Waals surface area contributed by atoms with Crippen molar-refractivity contribution in [3.8, 4) is 11.3 Å². The molecule has 154 valence electrons. The SMILES string of the molecule is CS(=O)(=O)c1ccc(-c2cc(C(=O)N(C(=O)C3CCCNC3)C3CC3)no2)cc1. The Labute approximate surface area is 169 Å². The van der Waals surface area contributed by atoms with E-state index in [1.54, 1.807) is 12.1 Å². The molecule has 1 aromatic carbocycles. The van der Waals surface area contributed by atoms with Crippen LogP contribution >= 0.6 is 0 Å². The molecule has 1 unspecified atom stereocenters. The van der Waals surface area contributed by atoms with Crippen LogP contribution in [-0.2, 0) is 14.6 Å². The van der Waals surface area contributed by atoms with Gasteiger partial charge in [0.15, 0.2) is 21.3 Å². The molecule has 1 aromatic heterocycles. The van der Waals surface area contributed by atoms with Crippen LogP contribution in [-0.4, -0.2) is 55.7 Å². The largest absolute Gasteiger partial charge is 0.355 e. The molecule has 1 saturated carbocycles. The molecule has 0 bridgehead atoms. The zero-order valence-corrected chi connectivity index (χ0v) is 16.9. The highest BCUT2D eigenvalue weighted by molar-refractivity contribution is 7.90. The molecule has 1 aliphatic carbocycles. The third-order valence-electron chi connectivity index (χ3n) is 5.31. The smallest absolute Gasteiger partial charge is 0.282 e. The van der Waals surface area contributed by atoms with Crippen molar-refractivity contribution in [1.82, 2.24) is 15.4 Å². The van der Waals surface area contributed by atoms with E-state index in [9.17, 15) is 18.0 Å². The molecule has 2 aliphatic rings. The second-order valence-corrected chi connectivity index (χ2v) is 9.68. The van der Waals surface area contributed by atoms with Gasteiger partial charge in [0.2, 0.25) is 5.91 Å². The number of hydrogen-bond acceptors (Lipinski definition) is 7. The number of carbonyl (C=O) groups is 2. The molecule has 9 heteroatoms. The second-order valence-electron chi connectivity index (χ2n) is 7.66. The third-order valence-corrected chi connectivity index (χ3v) is 6.44. The molecular formula is C20H23N3O5S. The Hall–Kier alpha value is -2.52. The summed E-state index contributed by atoms with van der Waals surface area (Å²) in [7, 11) is -3.29. The van der Waals surface area contributed by atoms with E-state index < -0.39 is 15.7 Å². The number of sulfone groups is 1. The summed E-state index contributed by atoms with van der Waals surface area (Å²) in [6.45, 7) is 1.48. The molecular weight excluding hydrogens is 394 g/mol. The Bertz CT molecular complexity index is 1020. The summed E-state index contributed by atoms with van der Waals surface area (Å²) in [6, 6.07) is 7.59. The molecule has 2 aromatic rings. The Morgan fingerprint density at radius 2 is 1.90 bits per heavy atom. The van der Waals surface area contributed by atoms with E-state index in [4.69, 9.17) is 4.52 Å². The summed E-state index contributed by atoms with van der Waals surface area (Å²) < 4.78 is 28.5. The summed E-state index contributed by atoms with van der Waals surface area (Å²) in [5.41, 5.74) is 0.681. The van der Waals surface area contributed by atoms with Gasteiger partial charge in [-0.3, -0.25) is 14.5 Å². The number of nitrogens with zero attached hydrogens (tertiary/aromatic N) is 2. The third kappa shape index (κ3) is 4.25. The number of hydrogen-bond donors (Lipinski definition) is 1. The first-order valence-corrected chi connectivity index (χ1v) is 11.6. The van der Waals surface area contributed by atoms with E-state index in [0.29, 0.717) is 17.9 Å². The quantitative estimate of drug-likeness (QED) is 0.740. The number of benzene rings is 1. The minimum atomic E-state index is -3.29. The van der Waals surface area contributed by atoms with Crippen molar-refractivity contribution in [2.24, 2.45) is 5.92 Å². The maximum absolute atomic E-state index is 13.0. The van der Waals surface area contributed by atoms with Gasteiger partial charge in [-0.15, -0.1) is 0 Å². The number of imide groups is 1. The lowest BCUT2D eigenvalue weighted by molar-refractivity contribution is -0.133. The lowest BCUT2D eigenvalue weighted by atomic mass is 9.98. The van der Waals surface area contributed by atoms with Gasteiger partial charge in [0.05, 0.1) is 10.8 Å². The van der Waals surface area contributed by atoms with Crippen LogP contribution in [0.3, 0.4) is 0 Å². The first kappa shape index (κ1) is 19.8. The standard InChI is InChI=1S/C20H23N3O5S/c1-29(26,27)16-8-4-13(5-9-16)18-11-17(22-28-18)20(25)23(15-6-7-15)19(24)14-3-2-10-21-12-14/h4-5,8-9,11,14-15,21H,2-3,6-7,10,12H2,1H3. The molecule has 0 radical (unpaired) electrons. The Morgan fingerprint density at radius 1 is 1.17 bits per heavy atom. The molecule has 29 heavy (non-hydrogen) atoms. The topological polar surface area (TPSA) is 110 Å². The molecule has 8 nitrogen and oxygen atoms in total. The monoisotopic (exact) mass is 417 g/mol. The van der Waals surface area contributed by atoms with Crippen LogP contribution in [0.1, 0.15) is 36.2 Å². The van der Waals surface area contributed by atoms with Gasteiger partial charge < -0.3 is 9.84 Å². The van der Waals surface area contributed by atoms with Crippen molar-refractivity contribution in [1.29, 1.82) is 0 Å². The van der Waals surface area contributed by atoms with Gasteiger partial charge in [0.1, 0.15) is 0 Å². The highest BCUT2D eigenvalue weighted by atomic mass is 32.2. The summed E-state index contributed by atoms with van der Waals surface area (Å²) in [5, 5.41) is 7.08. The second kappa shape index (κ2) is 7.72. The molecule has 0 spiro atoms. The van der Waals surface area contributed by atoms with E-state index in [1.165, 1.54) is 23.1 Å². The lowest BCUT2D eigenvalue weighted by Crippen LogP contribution is -2.46. The highest BCUT2D eigenvalue weighted by Crippen LogP contribution is 2.31. The fourth-order valence-electron chi connectivity index (χ4n) is 3.54. The van der Waals surface area contributed by atoms with Crippen LogP contribution in [0.5, 0.6) is 0 Å². The van der Waals surface area contributed by atoms with Crippen molar-refractivity contribution in [2.75, 3.05) is 19.3 Å². The fourth-order valence-corrected chi connectivity index (χ4v) is 4.17. The lowest BCUT2D eigenvalue weighted by Gasteiger charge is -2.28. The average Bonchev–Trinajstić information content (AvgIpc) is 3.42. The van der Waals surface area contributed by atoms with Gasteiger partial charge in [0, 0.05) is 30.5 Å². The summed E-state index contributed by atoms with van der Waals surface area (Å²) >= 11 is 0. The van der Waals surface area contributed by atoms with Crippen molar-refractivity contribution in [3.05, 3.63) is 36.0 Å². The van der Waals surface area contributed by atoms with Gasteiger partial charge in [0.25, 0.3) is 5.91 Å². The van der Waals surface area contributed by atoms with E-state index in [2.05, 4.69) is 10.5 Å². The summed E-state index contributed by atoms with van der Waals surface area (Å²) in [5.74, 6) is -0.434. The normalized spacial score (nSPS) is 19.7. The van der Waals surface area contributed by atoms with Crippen LogP contribution in [0.4, 0.5) is 0 Å². The van der Waals surface area contributed by atoms with Gasteiger partial charge in [-0.2, -0.15) is 0 Å². The number of nitrogens with one attached hydrogen (secondary N) is 1. The van der Waals surface area contributed by atoms with Crippen molar-refractivity contribution < 1.29 is 22.5 Å². The Kier molecular flexibility index (Phi) is 5.26. The minimum absolute atomic E-state index is 0.0638. The molecule has 2 fully saturated rings. The fraction of sp³-hybridized carbons (Fsp3) is 0.450. The maximum atomic E-state index is 13.0. The predicted octanol–water partition coefficient (Wildman–Crippen LogP) is 1.88. The minimum Gasteiger partial charge on any atom is -0.355 e. The molecule has 1 saturated heterocycles. The summed E-state index contributed by atoms with van der Waals surface area (Å²) in [4.78, 5) is 27.5. The number of aromatic nitrogens is 1. The number of rotatable bonds is 5. The highest BCUT2D eigenvalue weighted by Gasteiger charge is 2.41. The van der Waals surface area contributed by atoms with E-state index in [-0.39, 0.29) is 28.5 Å².